The summed E-state index contributed by atoms with van der Waals surface area (Å²) in [6.45, 7) is 1.47. The van der Waals surface area contributed by atoms with E-state index in [1.165, 1.54) is 0 Å². The number of ketones is 1. The van der Waals surface area contributed by atoms with Crippen molar-refractivity contribution in [1.29, 1.82) is 0 Å². The molecule has 120 valence electrons. The van der Waals surface area contributed by atoms with Gasteiger partial charge in [0.15, 0.2) is 5.78 Å². The molecular weight excluding hydrogens is 335 g/mol. The van der Waals surface area contributed by atoms with Crippen molar-refractivity contribution in [2.45, 2.75) is 12.8 Å². The Labute approximate surface area is 144 Å². The number of hydrogen-bond acceptors (Lipinski definition) is 5. The average molecular weight is 351 g/mol. The van der Waals surface area contributed by atoms with E-state index < -0.39 is 0 Å². The molecule has 5 nitrogen and oxygen atoms in total. The van der Waals surface area contributed by atoms with Crippen LogP contribution in [-0.4, -0.2) is 28.8 Å². The number of benzene rings is 1. The van der Waals surface area contributed by atoms with Crippen molar-refractivity contribution < 1.29 is 4.79 Å². The lowest BCUT2D eigenvalue weighted by atomic mass is 9.89. The number of hydrogen-bond donors (Lipinski definition) is 1. The van der Waals surface area contributed by atoms with Gasteiger partial charge in [-0.3, -0.25) is 4.79 Å². The summed E-state index contributed by atoms with van der Waals surface area (Å²) in [5.74, 6) is 1.05. The van der Waals surface area contributed by atoms with Gasteiger partial charge in [0.05, 0.1) is 0 Å². The topological polar surface area (TPSA) is 72.1 Å². The molecule has 0 saturated carbocycles. The van der Waals surface area contributed by atoms with E-state index in [4.69, 9.17) is 28.9 Å². The Morgan fingerprint density at radius 2 is 1.78 bits per heavy atom. The first-order chi connectivity index (χ1) is 11.0. The SMILES string of the molecule is Nc1nc(Cl)cc(N2CCC(C(=O)c3ccc(Cl)cc3)CC2)n1. The lowest BCUT2D eigenvalue weighted by Crippen LogP contribution is -2.37. The summed E-state index contributed by atoms with van der Waals surface area (Å²) < 4.78 is 0. The quantitative estimate of drug-likeness (QED) is 0.677. The molecule has 2 aromatic rings. The van der Waals surface area contributed by atoms with E-state index >= 15 is 0 Å². The minimum atomic E-state index is 0.0158. The number of nitrogens with zero attached hydrogens (tertiary/aromatic N) is 3. The number of rotatable bonds is 3. The molecule has 1 aromatic heterocycles. The Morgan fingerprint density at radius 3 is 2.39 bits per heavy atom. The van der Waals surface area contributed by atoms with Gasteiger partial charge >= 0.3 is 0 Å². The van der Waals surface area contributed by atoms with Crippen LogP contribution in [0.2, 0.25) is 10.2 Å². The van der Waals surface area contributed by atoms with Crippen LogP contribution in [0, 0.1) is 5.92 Å². The van der Waals surface area contributed by atoms with Crippen molar-refractivity contribution in [2.75, 3.05) is 23.7 Å². The molecule has 0 bridgehead atoms. The van der Waals surface area contributed by atoms with Crippen molar-refractivity contribution in [2.24, 2.45) is 5.92 Å². The van der Waals surface area contributed by atoms with Gasteiger partial charge in [0.1, 0.15) is 11.0 Å². The number of anilines is 2. The first-order valence-corrected chi connectivity index (χ1v) is 8.13. The van der Waals surface area contributed by atoms with Crippen LogP contribution in [0.5, 0.6) is 0 Å². The molecule has 23 heavy (non-hydrogen) atoms. The van der Waals surface area contributed by atoms with Crippen LogP contribution in [0.15, 0.2) is 30.3 Å². The number of aromatic nitrogens is 2. The van der Waals surface area contributed by atoms with Crippen LogP contribution in [-0.2, 0) is 0 Å². The minimum absolute atomic E-state index is 0.0158. The molecule has 3 rings (SSSR count). The second-order valence-electron chi connectivity index (χ2n) is 5.54. The van der Waals surface area contributed by atoms with Crippen LogP contribution in [0.3, 0.4) is 0 Å². The van der Waals surface area contributed by atoms with E-state index in [1.807, 2.05) is 0 Å². The van der Waals surface area contributed by atoms with Crippen LogP contribution in [0.1, 0.15) is 23.2 Å². The summed E-state index contributed by atoms with van der Waals surface area (Å²) in [6, 6.07) is 8.74. The van der Waals surface area contributed by atoms with Gasteiger partial charge in [-0.1, -0.05) is 23.2 Å². The molecule has 0 atom stereocenters. The van der Waals surface area contributed by atoms with Crippen LogP contribution in [0.4, 0.5) is 11.8 Å². The molecule has 1 aromatic carbocycles. The first kappa shape index (κ1) is 16.0. The monoisotopic (exact) mass is 350 g/mol. The zero-order valence-electron chi connectivity index (χ0n) is 12.4. The molecule has 7 heteroatoms. The highest BCUT2D eigenvalue weighted by atomic mass is 35.5. The third-order valence-corrected chi connectivity index (χ3v) is 4.46. The molecule has 1 aliphatic rings. The van der Waals surface area contributed by atoms with E-state index in [1.54, 1.807) is 30.3 Å². The smallest absolute Gasteiger partial charge is 0.223 e. The van der Waals surface area contributed by atoms with Crippen molar-refractivity contribution in [3.8, 4) is 0 Å². The molecule has 2 N–H and O–H groups in total. The van der Waals surface area contributed by atoms with Gasteiger partial charge in [0.2, 0.25) is 5.95 Å². The maximum Gasteiger partial charge on any atom is 0.223 e. The maximum atomic E-state index is 12.5. The molecule has 0 aliphatic carbocycles. The molecule has 0 radical (unpaired) electrons. The number of nitrogens with two attached hydrogens (primary N) is 1. The number of halogens is 2. The lowest BCUT2D eigenvalue weighted by Gasteiger charge is -2.32. The molecule has 1 aliphatic heterocycles. The van der Waals surface area contributed by atoms with E-state index in [-0.39, 0.29) is 17.6 Å². The summed E-state index contributed by atoms with van der Waals surface area (Å²) in [4.78, 5) is 22.7. The number of nitrogen functional groups attached to an aromatic ring is 1. The Kier molecular flexibility index (Phi) is 4.68. The summed E-state index contributed by atoms with van der Waals surface area (Å²) in [5.41, 5.74) is 6.34. The van der Waals surface area contributed by atoms with Crippen LogP contribution < -0.4 is 10.6 Å². The molecule has 1 fully saturated rings. The predicted octanol–water partition coefficient (Wildman–Crippen LogP) is 3.46. The standard InChI is InChI=1S/C16H16Cl2N4O/c17-12-3-1-10(2-4-12)15(23)11-5-7-22(8-6-11)14-9-13(18)20-16(19)21-14/h1-4,9,11H,5-8H2,(H2,19,20,21). The van der Waals surface area contributed by atoms with E-state index in [9.17, 15) is 4.79 Å². The highest BCUT2D eigenvalue weighted by molar-refractivity contribution is 6.30. The van der Waals surface area contributed by atoms with E-state index in [0.29, 0.717) is 21.6 Å². The molecular formula is C16H16Cl2N4O. The summed E-state index contributed by atoms with van der Waals surface area (Å²) in [6.07, 6.45) is 1.53. The van der Waals surface area contributed by atoms with Crippen molar-refractivity contribution in [3.63, 3.8) is 0 Å². The van der Waals surface area contributed by atoms with Crippen LogP contribution in [0.25, 0.3) is 0 Å². The Balaban J connectivity index is 1.66. The largest absolute Gasteiger partial charge is 0.368 e. The third-order valence-electron chi connectivity index (χ3n) is 4.02. The summed E-state index contributed by atoms with van der Waals surface area (Å²) in [5, 5.41) is 0.960. The zero-order valence-corrected chi connectivity index (χ0v) is 13.9. The fraction of sp³-hybridized carbons (Fsp3) is 0.312. The number of Topliss-reactive ketones (excluding diaryl/α,β-unsaturated/α-hetero) is 1. The fourth-order valence-corrected chi connectivity index (χ4v) is 3.12. The minimum Gasteiger partial charge on any atom is -0.368 e. The first-order valence-electron chi connectivity index (χ1n) is 7.38. The average Bonchev–Trinajstić information content (AvgIpc) is 2.54. The second-order valence-corrected chi connectivity index (χ2v) is 6.36. The Hall–Kier alpha value is -1.85. The predicted molar refractivity (Wildman–Crippen MR) is 92.2 cm³/mol. The zero-order chi connectivity index (χ0) is 16.4. The van der Waals surface area contributed by atoms with Gasteiger partial charge in [-0.15, -0.1) is 0 Å². The second kappa shape index (κ2) is 6.72. The highest BCUT2D eigenvalue weighted by Gasteiger charge is 2.26. The maximum absolute atomic E-state index is 12.5. The lowest BCUT2D eigenvalue weighted by molar-refractivity contribution is 0.0900. The third kappa shape index (κ3) is 3.74. The summed E-state index contributed by atoms with van der Waals surface area (Å²) in [7, 11) is 0. The molecule has 0 unspecified atom stereocenters. The molecule has 1 saturated heterocycles. The molecule has 0 spiro atoms. The normalized spacial score (nSPS) is 15.7. The van der Waals surface area contributed by atoms with E-state index in [2.05, 4.69) is 14.9 Å². The Morgan fingerprint density at radius 1 is 1.13 bits per heavy atom. The van der Waals surface area contributed by atoms with Gasteiger partial charge in [-0.25, -0.2) is 4.98 Å². The fourth-order valence-electron chi connectivity index (χ4n) is 2.81. The van der Waals surface area contributed by atoms with Gasteiger partial charge in [-0.05, 0) is 37.1 Å². The van der Waals surface area contributed by atoms with Gasteiger partial charge in [0.25, 0.3) is 0 Å². The van der Waals surface area contributed by atoms with Gasteiger partial charge in [0, 0.05) is 35.7 Å². The number of carbonyl (C=O) groups is 1. The Bertz CT molecular complexity index is 692. The van der Waals surface area contributed by atoms with Gasteiger partial charge < -0.3 is 10.6 Å². The molecule has 2 heterocycles. The van der Waals surface area contributed by atoms with E-state index in [0.717, 1.165) is 25.9 Å². The number of carbonyl (C=O) groups excluding carboxylic acids is 1. The summed E-state index contributed by atoms with van der Waals surface area (Å²) >= 11 is 11.8. The van der Waals surface area contributed by atoms with Crippen molar-refractivity contribution in [1.82, 2.24) is 9.97 Å². The van der Waals surface area contributed by atoms with Crippen LogP contribution >= 0.6 is 23.2 Å². The number of piperidine rings is 1. The van der Waals surface area contributed by atoms with Gasteiger partial charge in [-0.2, -0.15) is 4.98 Å². The van der Waals surface area contributed by atoms with Crippen molar-refractivity contribution >= 4 is 40.8 Å². The molecule has 0 amide bonds. The highest BCUT2D eigenvalue weighted by Crippen LogP contribution is 2.26. The van der Waals surface area contributed by atoms with Crippen molar-refractivity contribution in [3.05, 3.63) is 46.1 Å².